The van der Waals surface area contributed by atoms with Crippen molar-refractivity contribution in [3.63, 3.8) is 0 Å². The van der Waals surface area contributed by atoms with Crippen LogP contribution in [0.15, 0.2) is 59.6 Å². The Hall–Kier alpha value is -2.81. The molecule has 5 rings (SSSR count). The molecule has 0 N–H and O–H groups in total. The second-order valence-corrected chi connectivity index (χ2v) is 9.92. The topological polar surface area (TPSA) is 52.9 Å². The number of amides is 1. The van der Waals surface area contributed by atoms with E-state index in [4.69, 9.17) is 26.4 Å². The van der Waals surface area contributed by atoms with Crippen molar-refractivity contribution in [2.45, 2.75) is 25.5 Å². The Bertz CT molecular complexity index is 1230. The van der Waals surface area contributed by atoms with Gasteiger partial charge in [-0.1, -0.05) is 42.2 Å². The molecule has 3 heterocycles. The van der Waals surface area contributed by atoms with Crippen molar-refractivity contribution in [1.29, 1.82) is 0 Å². The lowest BCUT2D eigenvalue weighted by Crippen LogP contribution is -2.35. The van der Waals surface area contributed by atoms with Crippen LogP contribution < -0.4 is 9.47 Å². The number of hydrogen-bond acceptors (Lipinski definition) is 6. The van der Waals surface area contributed by atoms with Crippen LogP contribution in [0.2, 0.25) is 0 Å². The number of carbonyl (C=O) groups excluding carboxylic acids is 1. The van der Waals surface area contributed by atoms with Crippen LogP contribution in [0.1, 0.15) is 18.4 Å². The maximum atomic E-state index is 13.1. The number of ether oxygens (including phenoxy) is 3. The van der Waals surface area contributed by atoms with E-state index in [1.807, 2.05) is 42.5 Å². The van der Waals surface area contributed by atoms with E-state index in [-0.39, 0.29) is 12.0 Å². The van der Waals surface area contributed by atoms with Crippen molar-refractivity contribution in [1.82, 2.24) is 9.47 Å². The highest BCUT2D eigenvalue weighted by atomic mass is 32.2. The average molecular weight is 495 g/mol. The number of hydrogen-bond donors (Lipinski definition) is 0. The zero-order chi connectivity index (χ0) is 23.5. The molecule has 2 aliphatic rings. The van der Waals surface area contributed by atoms with E-state index in [1.165, 1.54) is 11.8 Å². The third-order valence-electron chi connectivity index (χ3n) is 6.05. The van der Waals surface area contributed by atoms with Gasteiger partial charge in [0.15, 0.2) is 0 Å². The predicted molar refractivity (Wildman–Crippen MR) is 139 cm³/mol. The highest BCUT2D eigenvalue weighted by molar-refractivity contribution is 8.26. The molecule has 0 bridgehead atoms. The lowest BCUT2D eigenvalue weighted by Gasteiger charge is -2.18. The molecule has 1 atom stereocenters. The largest absolute Gasteiger partial charge is 0.497 e. The zero-order valence-corrected chi connectivity index (χ0v) is 20.6. The molecule has 2 aromatic carbocycles. The van der Waals surface area contributed by atoms with Crippen molar-refractivity contribution in [2.75, 3.05) is 26.9 Å². The van der Waals surface area contributed by atoms with Crippen LogP contribution in [0, 0.1) is 0 Å². The summed E-state index contributed by atoms with van der Waals surface area (Å²) in [6, 6.07) is 15.8. The Balaban J connectivity index is 1.32. The Morgan fingerprint density at radius 2 is 1.97 bits per heavy atom. The van der Waals surface area contributed by atoms with Gasteiger partial charge >= 0.3 is 0 Å². The van der Waals surface area contributed by atoms with Crippen molar-refractivity contribution in [3.05, 3.63) is 65.2 Å². The minimum atomic E-state index is -0.0369. The highest BCUT2D eigenvalue weighted by Gasteiger charge is 2.34. The van der Waals surface area contributed by atoms with Gasteiger partial charge in [-0.15, -0.1) is 0 Å². The molecule has 8 heteroatoms. The van der Waals surface area contributed by atoms with E-state index in [1.54, 1.807) is 12.0 Å². The average Bonchev–Trinajstić information content (AvgIpc) is 3.56. The van der Waals surface area contributed by atoms with Crippen LogP contribution in [-0.2, 0) is 16.1 Å². The molecule has 3 aromatic rings. The summed E-state index contributed by atoms with van der Waals surface area (Å²) in [5.74, 6) is 1.56. The van der Waals surface area contributed by atoms with Crippen molar-refractivity contribution < 1.29 is 19.0 Å². The third-order valence-corrected chi connectivity index (χ3v) is 7.43. The van der Waals surface area contributed by atoms with E-state index >= 15 is 0 Å². The zero-order valence-electron chi connectivity index (χ0n) is 18.9. The number of aromatic nitrogens is 1. The molecule has 0 unspecified atom stereocenters. The first kappa shape index (κ1) is 23.0. The van der Waals surface area contributed by atoms with Crippen LogP contribution in [0.25, 0.3) is 17.0 Å². The Kier molecular flexibility index (Phi) is 6.89. The maximum Gasteiger partial charge on any atom is 0.266 e. The summed E-state index contributed by atoms with van der Waals surface area (Å²) in [7, 11) is 1.65. The smallest absolute Gasteiger partial charge is 0.266 e. The van der Waals surface area contributed by atoms with Crippen LogP contribution in [0.4, 0.5) is 0 Å². The Morgan fingerprint density at radius 3 is 2.74 bits per heavy atom. The second kappa shape index (κ2) is 10.2. The van der Waals surface area contributed by atoms with E-state index in [9.17, 15) is 4.79 Å². The first-order chi connectivity index (χ1) is 16.6. The summed E-state index contributed by atoms with van der Waals surface area (Å²) in [5, 5.41) is 1.09. The highest BCUT2D eigenvalue weighted by Crippen LogP contribution is 2.35. The number of para-hydroxylation sites is 1. The molecule has 0 radical (unpaired) electrons. The summed E-state index contributed by atoms with van der Waals surface area (Å²) in [6.07, 6.45) is 6.13. The maximum absolute atomic E-state index is 13.1. The van der Waals surface area contributed by atoms with Gasteiger partial charge in [0.1, 0.15) is 22.4 Å². The number of benzene rings is 2. The van der Waals surface area contributed by atoms with Gasteiger partial charge in [0.25, 0.3) is 5.91 Å². The Labute approximate surface area is 208 Å². The minimum Gasteiger partial charge on any atom is -0.497 e. The van der Waals surface area contributed by atoms with E-state index in [0.29, 0.717) is 28.9 Å². The van der Waals surface area contributed by atoms with Gasteiger partial charge in [0, 0.05) is 29.3 Å². The number of thioether (sulfide) groups is 1. The number of carbonyl (C=O) groups is 1. The lowest BCUT2D eigenvalue weighted by molar-refractivity contribution is -0.123. The molecular weight excluding hydrogens is 468 g/mol. The van der Waals surface area contributed by atoms with Gasteiger partial charge in [-0.2, -0.15) is 0 Å². The standard InChI is InChI=1S/C26H26N2O4S2/c1-30-19-8-10-20(11-9-19)32-14-12-27-16-18(22-6-2-3-7-23(22)27)15-24-25(29)28(26(33)34-24)17-21-5-4-13-31-21/h2-3,6-11,15-16,21H,4-5,12-14,17H2,1H3/b24-15-/t21-/m1/s1. The molecule has 2 saturated heterocycles. The molecule has 1 amide bonds. The first-order valence-electron chi connectivity index (χ1n) is 11.3. The summed E-state index contributed by atoms with van der Waals surface area (Å²) < 4.78 is 19.6. The van der Waals surface area contributed by atoms with Crippen molar-refractivity contribution >= 4 is 51.2 Å². The van der Waals surface area contributed by atoms with Crippen LogP contribution in [0.3, 0.4) is 0 Å². The fraction of sp³-hybridized carbons (Fsp3) is 0.308. The van der Waals surface area contributed by atoms with Crippen LogP contribution in [0.5, 0.6) is 11.5 Å². The van der Waals surface area contributed by atoms with Gasteiger partial charge < -0.3 is 18.8 Å². The summed E-state index contributed by atoms with van der Waals surface area (Å²) >= 11 is 6.87. The van der Waals surface area contributed by atoms with E-state index in [2.05, 4.69) is 22.9 Å². The fourth-order valence-corrected chi connectivity index (χ4v) is 5.57. The molecule has 2 fully saturated rings. The normalized spacial score (nSPS) is 19.5. The summed E-state index contributed by atoms with van der Waals surface area (Å²) in [5.41, 5.74) is 2.10. The fourth-order valence-electron chi connectivity index (χ4n) is 4.30. The number of nitrogens with zero attached hydrogens (tertiary/aromatic N) is 2. The lowest BCUT2D eigenvalue weighted by atomic mass is 10.1. The van der Waals surface area contributed by atoms with E-state index < -0.39 is 0 Å². The number of thiocarbonyl (C=S) groups is 1. The number of rotatable bonds is 8. The van der Waals surface area contributed by atoms with Crippen molar-refractivity contribution in [3.8, 4) is 11.5 Å². The van der Waals surface area contributed by atoms with Gasteiger partial charge in [-0.05, 0) is 49.2 Å². The van der Waals surface area contributed by atoms with E-state index in [0.717, 1.165) is 47.4 Å². The van der Waals surface area contributed by atoms with Gasteiger partial charge in [0.2, 0.25) is 0 Å². The summed E-state index contributed by atoms with van der Waals surface area (Å²) in [6.45, 7) is 2.50. The second-order valence-electron chi connectivity index (χ2n) is 8.25. The molecule has 6 nitrogen and oxygen atoms in total. The molecule has 0 spiro atoms. The Morgan fingerprint density at radius 1 is 1.18 bits per heavy atom. The van der Waals surface area contributed by atoms with Gasteiger partial charge in [0.05, 0.1) is 31.2 Å². The SMILES string of the molecule is COc1ccc(OCCn2cc(/C=C3\SC(=S)N(C[C@H]4CCCO4)C3=O)c3ccccc32)cc1. The molecule has 0 aliphatic carbocycles. The number of fused-ring (bicyclic) bond motifs is 1. The molecule has 176 valence electrons. The monoisotopic (exact) mass is 494 g/mol. The molecule has 1 aromatic heterocycles. The molecule has 0 saturated carbocycles. The third kappa shape index (κ3) is 4.85. The predicted octanol–water partition coefficient (Wildman–Crippen LogP) is 5.11. The molecule has 34 heavy (non-hydrogen) atoms. The molecule has 2 aliphatic heterocycles. The number of methoxy groups -OCH3 is 1. The minimum absolute atomic E-state index is 0.0369. The van der Waals surface area contributed by atoms with Gasteiger partial charge in [-0.25, -0.2) is 0 Å². The first-order valence-corrected chi connectivity index (χ1v) is 12.6. The van der Waals surface area contributed by atoms with Crippen LogP contribution >= 0.6 is 24.0 Å². The van der Waals surface area contributed by atoms with Gasteiger partial charge in [-0.3, -0.25) is 9.69 Å². The van der Waals surface area contributed by atoms with Crippen molar-refractivity contribution in [2.24, 2.45) is 0 Å². The molecular formula is C26H26N2O4S2. The van der Waals surface area contributed by atoms with Crippen LogP contribution in [-0.4, -0.2) is 52.7 Å². The summed E-state index contributed by atoms with van der Waals surface area (Å²) in [4.78, 5) is 15.4. The quantitative estimate of drug-likeness (QED) is 0.321.